The van der Waals surface area contributed by atoms with Crippen LogP contribution in [0.25, 0.3) is 0 Å². The zero-order chi connectivity index (χ0) is 9.64. The van der Waals surface area contributed by atoms with Gasteiger partial charge in [-0.3, -0.25) is 0 Å². The van der Waals surface area contributed by atoms with Crippen molar-refractivity contribution in [2.24, 2.45) is 0 Å². The molecule has 0 fully saturated rings. The number of benzene rings is 1. The molecule has 1 aromatic heterocycles. The van der Waals surface area contributed by atoms with Crippen LogP contribution < -0.4 is 0 Å². The van der Waals surface area contributed by atoms with E-state index in [2.05, 4.69) is 23.6 Å². The van der Waals surface area contributed by atoms with Crippen molar-refractivity contribution >= 4 is 40.9 Å². The topological polar surface area (TPSA) is 9.23 Å². The van der Waals surface area contributed by atoms with E-state index in [0.717, 1.165) is 0 Å². The van der Waals surface area contributed by atoms with E-state index in [1.165, 1.54) is 10.4 Å². The summed E-state index contributed by atoms with van der Waals surface area (Å²) in [5.41, 5.74) is 1.23. The van der Waals surface area contributed by atoms with Crippen LogP contribution in [0.5, 0.6) is 0 Å². The Balaban J connectivity index is 0.00000112. The van der Waals surface area contributed by atoms with Crippen molar-refractivity contribution < 1.29 is 4.74 Å². The van der Waals surface area contributed by atoms with Crippen LogP contribution >= 0.6 is 11.3 Å². The maximum Gasteiger partial charge on any atom is 0.0813 e. The van der Waals surface area contributed by atoms with Crippen molar-refractivity contribution in [2.45, 2.75) is 13.2 Å². The largest absolute Gasteiger partial charge is 0.371 e. The molecule has 0 unspecified atom stereocenters. The van der Waals surface area contributed by atoms with Crippen LogP contribution in [-0.4, -0.2) is 29.6 Å². The normalized spacial score (nSPS) is 9.60. The molecule has 1 aromatic carbocycles. The van der Waals surface area contributed by atoms with Crippen molar-refractivity contribution in [3.8, 4) is 0 Å². The second-order valence-electron chi connectivity index (χ2n) is 3.06. The fourth-order valence-electron chi connectivity index (χ4n) is 1.24. The standard InChI is InChI=1S/C12H12OS.Na.H/c1-2-5-11(6-3-1)9-13-10-12-7-4-8-14-12;;/h1-8H,9-10H2;;. The van der Waals surface area contributed by atoms with Crippen molar-refractivity contribution in [1.82, 2.24) is 0 Å². The van der Waals surface area contributed by atoms with Gasteiger partial charge in [-0.15, -0.1) is 11.3 Å². The third-order valence-electron chi connectivity index (χ3n) is 1.94. The van der Waals surface area contributed by atoms with Gasteiger partial charge in [0.25, 0.3) is 0 Å². The molecule has 0 amide bonds. The number of ether oxygens (including phenoxy) is 1. The van der Waals surface area contributed by atoms with Gasteiger partial charge < -0.3 is 4.74 Å². The molecule has 0 N–H and O–H groups in total. The fourth-order valence-corrected chi connectivity index (χ4v) is 1.88. The summed E-state index contributed by atoms with van der Waals surface area (Å²) in [5, 5.41) is 2.07. The Kier molecular flexibility index (Phi) is 6.22. The maximum absolute atomic E-state index is 5.57. The Bertz CT molecular complexity index is 358. The van der Waals surface area contributed by atoms with Gasteiger partial charge in [0.05, 0.1) is 13.2 Å². The molecule has 2 rings (SSSR count). The third kappa shape index (κ3) is 4.49. The first-order chi connectivity index (χ1) is 6.95. The van der Waals surface area contributed by atoms with Crippen LogP contribution in [0.3, 0.4) is 0 Å². The van der Waals surface area contributed by atoms with Gasteiger partial charge in [-0.05, 0) is 17.0 Å². The van der Waals surface area contributed by atoms with Gasteiger partial charge in [0.1, 0.15) is 0 Å². The number of hydrogen-bond donors (Lipinski definition) is 0. The van der Waals surface area contributed by atoms with Crippen LogP contribution in [0.1, 0.15) is 10.4 Å². The Morgan fingerprint density at radius 1 is 0.933 bits per heavy atom. The van der Waals surface area contributed by atoms with E-state index in [4.69, 9.17) is 4.74 Å². The predicted molar refractivity (Wildman–Crippen MR) is 66.4 cm³/mol. The molecule has 15 heavy (non-hydrogen) atoms. The molecule has 1 heterocycles. The monoisotopic (exact) mass is 228 g/mol. The van der Waals surface area contributed by atoms with Crippen molar-refractivity contribution in [3.05, 3.63) is 58.3 Å². The van der Waals surface area contributed by atoms with Crippen LogP contribution in [0.15, 0.2) is 47.8 Å². The van der Waals surface area contributed by atoms with Crippen LogP contribution in [0, 0.1) is 0 Å². The third-order valence-corrected chi connectivity index (χ3v) is 2.79. The van der Waals surface area contributed by atoms with Crippen LogP contribution in [-0.2, 0) is 18.0 Å². The smallest absolute Gasteiger partial charge is 0.0813 e. The molecule has 1 nitrogen and oxygen atoms in total. The van der Waals surface area contributed by atoms with Crippen molar-refractivity contribution in [2.75, 3.05) is 0 Å². The zero-order valence-corrected chi connectivity index (χ0v) is 8.67. The summed E-state index contributed by atoms with van der Waals surface area (Å²) in [6, 6.07) is 14.4. The first-order valence-corrected chi connectivity index (χ1v) is 5.47. The van der Waals surface area contributed by atoms with E-state index in [1.54, 1.807) is 11.3 Å². The minimum atomic E-state index is 0. The second-order valence-corrected chi connectivity index (χ2v) is 4.09. The molecule has 0 bridgehead atoms. The SMILES string of the molecule is [NaH].c1ccc(COCc2cccs2)cc1. The van der Waals surface area contributed by atoms with Gasteiger partial charge in [-0.25, -0.2) is 0 Å². The van der Waals surface area contributed by atoms with Gasteiger partial charge in [0, 0.05) is 4.88 Å². The molecule has 0 aliphatic carbocycles. The van der Waals surface area contributed by atoms with Crippen LogP contribution in [0.2, 0.25) is 0 Å². The van der Waals surface area contributed by atoms with E-state index >= 15 is 0 Å². The summed E-state index contributed by atoms with van der Waals surface area (Å²) in [7, 11) is 0. The summed E-state index contributed by atoms with van der Waals surface area (Å²) in [6.45, 7) is 1.41. The molecular weight excluding hydrogens is 215 g/mol. The number of rotatable bonds is 4. The Morgan fingerprint density at radius 2 is 1.73 bits per heavy atom. The fraction of sp³-hybridized carbons (Fsp3) is 0.167. The van der Waals surface area contributed by atoms with Gasteiger partial charge in [-0.1, -0.05) is 36.4 Å². The molecule has 0 aliphatic heterocycles. The molecule has 0 spiro atoms. The van der Waals surface area contributed by atoms with E-state index < -0.39 is 0 Å². The quantitative estimate of drug-likeness (QED) is 0.731. The Hall–Kier alpha value is -0.120. The van der Waals surface area contributed by atoms with E-state index in [1.807, 2.05) is 24.3 Å². The molecule has 0 aliphatic rings. The minimum absolute atomic E-state index is 0. The average Bonchev–Trinajstić information content (AvgIpc) is 2.72. The second kappa shape index (κ2) is 7.20. The molecule has 2 aromatic rings. The first kappa shape index (κ1) is 12.9. The maximum atomic E-state index is 5.57. The molecule has 0 saturated heterocycles. The first-order valence-electron chi connectivity index (χ1n) is 4.59. The van der Waals surface area contributed by atoms with Crippen molar-refractivity contribution in [1.29, 1.82) is 0 Å². The Labute approximate surface area is 116 Å². The van der Waals surface area contributed by atoms with E-state index in [0.29, 0.717) is 13.2 Å². The summed E-state index contributed by atoms with van der Waals surface area (Å²) >= 11 is 1.73. The van der Waals surface area contributed by atoms with Gasteiger partial charge in [0.2, 0.25) is 0 Å². The van der Waals surface area contributed by atoms with Gasteiger partial charge >= 0.3 is 29.6 Å². The van der Waals surface area contributed by atoms with Gasteiger partial charge in [-0.2, -0.15) is 0 Å². The Morgan fingerprint density at radius 3 is 2.40 bits per heavy atom. The predicted octanol–water partition coefficient (Wildman–Crippen LogP) is 2.82. The van der Waals surface area contributed by atoms with Gasteiger partial charge in [0.15, 0.2) is 0 Å². The minimum Gasteiger partial charge on any atom is -0.371 e. The van der Waals surface area contributed by atoms with E-state index in [9.17, 15) is 0 Å². The summed E-state index contributed by atoms with van der Waals surface area (Å²) in [6.07, 6.45) is 0. The average molecular weight is 228 g/mol. The van der Waals surface area contributed by atoms with Crippen LogP contribution in [0.4, 0.5) is 0 Å². The zero-order valence-electron chi connectivity index (χ0n) is 7.85. The molecule has 0 saturated carbocycles. The molecule has 3 heteroatoms. The summed E-state index contributed by atoms with van der Waals surface area (Å²) in [5.74, 6) is 0. The molecule has 0 atom stereocenters. The number of thiophene rings is 1. The summed E-state index contributed by atoms with van der Waals surface area (Å²) in [4.78, 5) is 1.28. The molecule has 74 valence electrons. The molecular formula is C12H13NaOS. The summed E-state index contributed by atoms with van der Waals surface area (Å²) < 4.78 is 5.57. The van der Waals surface area contributed by atoms with Crippen molar-refractivity contribution in [3.63, 3.8) is 0 Å². The van der Waals surface area contributed by atoms with E-state index in [-0.39, 0.29) is 29.6 Å². The molecule has 0 radical (unpaired) electrons. The number of hydrogen-bond acceptors (Lipinski definition) is 2.